The highest BCUT2D eigenvalue weighted by Gasteiger charge is 2.30. The van der Waals surface area contributed by atoms with Crippen LogP contribution in [-0.2, 0) is 22.4 Å². The second-order valence-corrected chi connectivity index (χ2v) is 8.97. The molecule has 0 radical (unpaired) electrons. The van der Waals surface area contributed by atoms with E-state index < -0.39 is 0 Å². The maximum absolute atomic E-state index is 12.5. The molecule has 1 fully saturated rings. The number of hydrogen-bond donors (Lipinski definition) is 2. The molecule has 4 rings (SSSR count). The number of likely N-dealkylation sites (tertiary alicyclic amines) is 1. The fraction of sp³-hybridized carbons (Fsp3) is 0.462. The Morgan fingerprint density at radius 2 is 2.03 bits per heavy atom. The van der Waals surface area contributed by atoms with Crippen LogP contribution < -0.4 is 15.4 Å². The summed E-state index contributed by atoms with van der Waals surface area (Å²) in [5.41, 5.74) is 4.43. The van der Waals surface area contributed by atoms with Gasteiger partial charge < -0.3 is 15.4 Å². The van der Waals surface area contributed by atoms with Gasteiger partial charge in [0, 0.05) is 24.7 Å². The van der Waals surface area contributed by atoms with Crippen LogP contribution in [0.1, 0.15) is 48.4 Å². The van der Waals surface area contributed by atoms with Gasteiger partial charge in [0.05, 0.1) is 13.5 Å². The van der Waals surface area contributed by atoms with E-state index in [1.165, 1.54) is 11.1 Å². The molecule has 0 bridgehead atoms. The van der Waals surface area contributed by atoms with Gasteiger partial charge in [0.2, 0.25) is 11.8 Å². The summed E-state index contributed by atoms with van der Waals surface area (Å²) in [6.45, 7) is 1.77. The number of rotatable bonds is 8. The minimum atomic E-state index is 0.0535. The van der Waals surface area contributed by atoms with E-state index in [2.05, 4.69) is 40.8 Å². The first-order valence-electron chi connectivity index (χ1n) is 11.6. The maximum Gasteiger partial charge on any atom is 0.228 e. The van der Waals surface area contributed by atoms with E-state index in [0.29, 0.717) is 31.3 Å². The minimum Gasteiger partial charge on any atom is -0.497 e. The Labute approximate surface area is 190 Å². The number of carbonyl (C=O) groups is 2. The van der Waals surface area contributed by atoms with Crippen LogP contribution in [0.4, 0.5) is 5.69 Å². The lowest BCUT2D eigenvalue weighted by molar-refractivity contribution is -0.121. The molecule has 0 saturated carbocycles. The third kappa shape index (κ3) is 5.30. The first-order chi connectivity index (χ1) is 15.5. The number of nitrogens with one attached hydrogen (secondary N) is 2. The number of methoxy groups -OCH3 is 1. The first-order valence-corrected chi connectivity index (χ1v) is 11.6. The molecule has 170 valence electrons. The van der Waals surface area contributed by atoms with E-state index >= 15 is 0 Å². The molecule has 1 saturated heterocycles. The normalized spacial score (nSPS) is 20.5. The number of nitrogens with zero attached hydrogens (tertiary/aromatic N) is 1. The Hall–Kier alpha value is -2.86. The van der Waals surface area contributed by atoms with Crippen molar-refractivity contribution < 1.29 is 14.3 Å². The number of aryl methyl sites for hydroxylation is 1. The molecular weight excluding hydrogens is 402 g/mol. The molecule has 6 heteroatoms. The molecule has 2 amide bonds. The van der Waals surface area contributed by atoms with Crippen LogP contribution in [0.15, 0.2) is 42.5 Å². The number of amides is 2. The molecule has 2 aromatic rings. The van der Waals surface area contributed by atoms with E-state index in [9.17, 15) is 9.59 Å². The third-order valence-corrected chi connectivity index (χ3v) is 6.69. The molecule has 0 aromatic heterocycles. The quantitative estimate of drug-likeness (QED) is 0.663. The van der Waals surface area contributed by atoms with Gasteiger partial charge >= 0.3 is 0 Å². The second-order valence-electron chi connectivity index (χ2n) is 8.97. The summed E-state index contributed by atoms with van der Waals surface area (Å²) in [6, 6.07) is 14.7. The average Bonchev–Trinajstić information content (AvgIpc) is 3.17. The maximum atomic E-state index is 12.5. The Bertz CT molecular complexity index is 957. The number of carbonyl (C=O) groups excluding carboxylic acids is 2. The van der Waals surface area contributed by atoms with Crippen LogP contribution in [0.3, 0.4) is 0 Å². The number of ether oxygens (including phenoxy) is 1. The number of anilines is 1. The topological polar surface area (TPSA) is 70.7 Å². The van der Waals surface area contributed by atoms with Gasteiger partial charge in [0.15, 0.2) is 0 Å². The summed E-state index contributed by atoms with van der Waals surface area (Å²) in [4.78, 5) is 26.4. The Balaban J connectivity index is 1.26. The van der Waals surface area contributed by atoms with Crippen molar-refractivity contribution >= 4 is 17.5 Å². The molecule has 0 spiro atoms. The molecule has 2 unspecified atom stereocenters. The lowest BCUT2D eigenvalue weighted by Gasteiger charge is -2.39. The fourth-order valence-electron chi connectivity index (χ4n) is 5.03. The smallest absolute Gasteiger partial charge is 0.228 e. The summed E-state index contributed by atoms with van der Waals surface area (Å²) < 4.78 is 5.30. The van der Waals surface area contributed by atoms with Crippen LogP contribution in [0, 0.1) is 5.92 Å². The Morgan fingerprint density at radius 3 is 2.81 bits per heavy atom. The van der Waals surface area contributed by atoms with E-state index in [-0.39, 0.29) is 11.8 Å². The van der Waals surface area contributed by atoms with Crippen molar-refractivity contribution in [2.45, 2.75) is 44.6 Å². The zero-order valence-corrected chi connectivity index (χ0v) is 19.0. The van der Waals surface area contributed by atoms with Gasteiger partial charge in [-0.15, -0.1) is 0 Å². The number of benzene rings is 2. The third-order valence-electron chi connectivity index (χ3n) is 6.69. The van der Waals surface area contributed by atoms with Gasteiger partial charge in [-0.1, -0.05) is 24.3 Å². The van der Waals surface area contributed by atoms with E-state index in [4.69, 9.17) is 4.74 Å². The minimum absolute atomic E-state index is 0.0535. The van der Waals surface area contributed by atoms with Gasteiger partial charge in [-0.25, -0.2) is 0 Å². The van der Waals surface area contributed by atoms with E-state index in [1.807, 2.05) is 24.3 Å². The second kappa shape index (κ2) is 10.2. The van der Waals surface area contributed by atoms with Crippen molar-refractivity contribution in [1.29, 1.82) is 0 Å². The van der Waals surface area contributed by atoms with Crippen LogP contribution in [0.5, 0.6) is 5.75 Å². The van der Waals surface area contributed by atoms with Crippen molar-refractivity contribution in [3.63, 3.8) is 0 Å². The summed E-state index contributed by atoms with van der Waals surface area (Å²) in [5, 5.41) is 6.04. The van der Waals surface area contributed by atoms with Gasteiger partial charge in [0.25, 0.3) is 0 Å². The van der Waals surface area contributed by atoms with Crippen molar-refractivity contribution in [1.82, 2.24) is 10.2 Å². The molecule has 32 heavy (non-hydrogen) atoms. The van der Waals surface area contributed by atoms with Crippen molar-refractivity contribution in [3.8, 4) is 5.75 Å². The largest absolute Gasteiger partial charge is 0.497 e. The molecular formula is C26H33N3O3. The van der Waals surface area contributed by atoms with Crippen LogP contribution in [-0.4, -0.2) is 44.0 Å². The monoisotopic (exact) mass is 435 g/mol. The summed E-state index contributed by atoms with van der Waals surface area (Å²) >= 11 is 0. The standard InChI is InChI=1S/C26H33N3O3/c1-29-14-4-6-20(26(29)19-9-11-22(32-2)12-10-19)17-27-24(30)7-3-5-18-8-13-23-21(15-18)16-25(31)28-23/h8-13,15,20,26H,3-7,14,16-17H2,1-2H3,(H,27,30)(H,28,31). The average molecular weight is 436 g/mol. The highest BCUT2D eigenvalue weighted by atomic mass is 16.5. The van der Waals surface area contributed by atoms with Gasteiger partial charge in [-0.2, -0.15) is 0 Å². The molecule has 2 aliphatic heterocycles. The number of piperidine rings is 1. The molecule has 6 nitrogen and oxygen atoms in total. The lowest BCUT2D eigenvalue weighted by atomic mass is 9.85. The molecule has 2 atom stereocenters. The lowest BCUT2D eigenvalue weighted by Crippen LogP contribution is -2.41. The molecule has 2 N–H and O–H groups in total. The van der Waals surface area contributed by atoms with Crippen LogP contribution >= 0.6 is 0 Å². The Morgan fingerprint density at radius 1 is 1.22 bits per heavy atom. The van der Waals surface area contributed by atoms with E-state index in [0.717, 1.165) is 49.2 Å². The predicted octanol–water partition coefficient (Wildman–Crippen LogP) is 3.71. The fourth-order valence-corrected chi connectivity index (χ4v) is 5.03. The summed E-state index contributed by atoms with van der Waals surface area (Å²) in [6.07, 6.45) is 4.88. The molecule has 2 heterocycles. The van der Waals surface area contributed by atoms with Crippen molar-refractivity contribution in [3.05, 3.63) is 59.2 Å². The SMILES string of the molecule is COc1ccc(C2C(CNC(=O)CCCc3ccc4c(c3)CC(=O)N4)CCCN2C)cc1. The Kier molecular flexibility index (Phi) is 7.10. The highest BCUT2D eigenvalue weighted by molar-refractivity contribution is 5.99. The van der Waals surface area contributed by atoms with Crippen molar-refractivity contribution in [2.24, 2.45) is 5.92 Å². The predicted molar refractivity (Wildman–Crippen MR) is 126 cm³/mol. The molecule has 2 aliphatic rings. The summed E-state index contributed by atoms with van der Waals surface area (Å²) in [5.74, 6) is 1.43. The van der Waals surface area contributed by atoms with Gasteiger partial charge in [-0.3, -0.25) is 14.5 Å². The van der Waals surface area contributed by atoms with E-state index in [1.54, 1.807) is 7.11 Å². The number of fused-ring (bicyclic) bond motifs is 1. The zero-order chi connectivity index (χ0) is 22.5. The first kappa shape index (κ1) is 22.3. The van der Waals surface area contributed by atoms with Crippen LogP contribution in [0.25, 0.3) is 0 Å². The number of hydrogen-bond acceptors (Lipinski definition) is 4. The van der Waals surface area contributed by atoms with Crippen molar-refractivity contribution in [2.75, 3.05) is 32.6 Å². The van der Waals surface area contributed by atoms with Gasteiger partial charge in [-0.05, 0) is 80.1 Å². The summed E-state index contributed by atoms with van der Waals surface area (Å²) in [7, 11) is 3.85. The highest BCUT2D eigenvalue weighted by Crippen LogP contribution is 2.35. The molecule has 0 aliphatic carbocycles. The van der Waals surface area contributed by atoms with Gasteiger partial charge in [0.1, 0.15) is 5.75 Å². The van der Waals surface area contributed by atoms with Crippen LogP contribution in [0.2, 0.25) is 0 Å². The zero-order valence-electron chi connectivity index (χ0n) is 19.0. The molecule has 2 aromatic carbocycles.